The van der Waals surface area contributed by atoms with Crippen LogP contribution in [0, 0.1) is 0 Å². The van der Waals surface area contributed by atoms with E-state index in [4.69, 9.17) is 0 Å². The van der Waals surface area contributed by atoms with Gasteiger partial charge in [-0.3, -0.25) is 9.48 Å². The molecule has 1 aromatic heterocycles. The van der Waals surface area contributed by atoms with Crippen LogP contribution in [0.2, 0.25) is 0 Å². The van der Waals surface area contributed by atoms with Gasteiger partial charge in [-0.25, -0.2) is 0 Å². The lowest BCUT2D eigenvalue weighted by atomic mass is 9.72. The molecular weight excluding hydrogens is 326 g/mol. The lowest BCUT2D eigenvalue weighted by molar-refractivity contribution is 0.0364. The van der Waals surface area contributed by atoms with E-state index in [9.17, 15) is 9.90 Å². The van der Waals surface area contributed by atoms with Crippen LogP contribution in [0.5, 0.6) is 0 Å². The van der Waals surface area contributed by atoms with Crippen molar-refractivity contribution in [2.45, 2.75) is 56.6 Å². The highest BCUT2D eigenvalue weighted by Gasteiger charge is 2.48. The van der Waals surface area contributed by atoms with Crippen molar-refractivity contribution in [3.63, 3.8) is 0 Å². The number of hydrogen-bond donors (Lipinski definition) is 1. The zero-order valence-corrected chi connectivity index (χ0v) is 15.0. The Balaban J connectivity index is 1.36. The van der Waals surface area contributed by atoms with Gasteiger partial charge in [0.15, 0.2) is 0 Å². The van der Waals surface area contributed by atoms with Crippen LogP contribution in [0.25, 0.3) is 0 Å². The number of hydrogen-bond acceptors (Lipinski definition) is 3. The average molecular weight is 351 g/mol. The molecule has 2 aliphatic heterocycles. The quantitative estimate of drug-likeness (QED) is 0.858. The molecule has 5 nitrogen and oxygen atoms in total. The van der Waals surface area contributed by atoms with Gasteiger partial charge < -0.3 is 10.0 Å². The summed E-state index contributed by atoms with van der Waals surface area (Å²) in [6.45, 7) is 2.33. The first-order valence-corrected chi connectivity index (χ1v) is 9.79. The predicted molar refractivity (Wildman–Crippen MR) is 98.1 cm³/mol. The fraction of sp³-hybridized carbons (Fsp3) is 0.524. The number of piperidine rings is 1. The molecule has 5 rings (SSSR count). The molecule has 136 valence electrons. The molecule has 2 aromatic rings. The summed E-state index contributed by atoms with van der Waals surface area (Å²) in [5.74, 6) is 0.115. The zero-order valence-electron chi connectivity index (χ0n) is 15.0. The molecule has 1 aromatic carbocycles. The molecule has 1 amide bonds. The molecule has 3 heterocycles. The number of nitrogens with zero attached hydrogens (tertiary/aromatic N) is 3. The van der Waals surface area contributed by atoms with E-state index in [1.807, 2.05) is 15.6 Å². The number of aryl methyl sites for hydroxylation is 1. The molecule has 0 radical (unpaired) electrons. The number of aliphatic hydroxyl groups is 1. The SMILES string of the molecule is O=C(c1cnn2c1CCCC2)N1CCC2(CC1)c1ccccc1C[C@H]2O. The molecule has 5 heteroatoms. The summed E-state index contributed by atoms with van der Waals surface area (Å²) < 4.78 is 2.00. The summed E-state index contributed by atoms with van der Waals surface area (Å²) in [7, 11) is 0. The van der Waals surface area contributed by atoms with Crippen LogP contribution in [-0.2, 0) is 24.8 Å². The number of carbonyl (C=O) groups excluding carboxylic acids is 1. The number of aliphatic hydroxyl groups excluding tert-OH is 1. The highest BCUT2D eigenvalue weighted by atomic mass is 16.3. The van der Waals surface area contributed by atoms with E-state index in [0.29, 0.717) is 13.1 Å². The summed E-state index contributed by atoms with van der Waals surface area (Å²) in [6, 6.07) is 8.41. The van der Waals surface area contributed by atoms with Gasteiger partial charge in [0.25, 0.3) is 5.91 Å². The molecule has 0 bridgehead atoms. The van der Waals surface area contributed by atoms with Gasteiger partial charge in [-0.05, 0) is 49.7 Å². The summed E-state index contributed by atoms with van der Waals surface area (Å²) in [6.07, 6.45) is 7.06. The van der Waals surface area contributed by atoms with Crippen LogP contribution in [-0.4, -0.2) is 44.9 Å². The monoisotopic (exact) mass is 351 g/mol. The number of rotatable bonds is 1. The van der Waals surface area contributed by atoms with E-state index < -0.39 is 0 Å². The third-order valence-corrected chi connectivity index (χ3v) is 6.76. The van der Waals surface area contributed by atoms with Crippen molar-refractivity contribution in [3.8, 4) is 0 Å². The second kappa shape index (κ2) is 5.95. The Hall–Kier alpha value is -2.14. The van der Waals surface area contributed by atoms with Crippen molar-refractivity contribution in [3.05, 3.63) is 52.8 Å². The number of fused-ring (bicyclic) bond motifs is 3. The molecule has 1 aliphatic carbocycles. The minimum absolute atomic E-state index is 0.115. The fourth-order valence-corrected chi connectivity index (χ4v) is 5.25. The van der Waals surface area contributed by atoms with E-state index >= 15 is 0 Å². The molecule has 1 N–H and O–H groups in total. The molecule has 0 unspecified atom stereocenters. The van der Waals surface area contributed by atoms with E-state index in [1.54, 1.807) is 6.20 Å². The molecule has 1 fully saturated rings. The van der Waals surface area contributed by atoms with Gasteiger partial charge in [0, 0.05) is 25.0 Å². The first-order valence-electron chi connectivity index (χ1n) is 9.79. The van der Waals surface area contributed by atoms with Gasteiger partial charge in [0.1, 0.15) is 0 Å². The van der Waals surface area contributed by atoms with Gasteiger partial charge in [-0.2, -0.15) is 5.10 Å². The van der Waals surface area contributed by atoms with Gasteiger partial charge in [0.2, 0.25) is 0 Å². The van der Waals surface area contributed by atoms with Crippen molar-refractivity contribution in [2.24, 2.45) is 0 Å². The summed E-state index contributed by atoms with van der Waals surface area (Å²) >= 11 is 0. The lowest BCUT2D eigenvalue weighted by Crippen LogP contribution is -2.49. The standard InChI is InChI=1S/C21H25N3O2/c25-19-13-15-5-1-2-6-17(15)21(19)8-11-23(12-9-21)20(26)16-14-22-24-10-4-3-7-18(16)24/h1-2,5-6,14,19,25H,3-4,7-13H2/t19-/m1/s1. The van der Waals surface area contributed by atoms with E-state index in [-0.39, 0.29) is 17.4 Å². The average Bonchev–Trinajstić information content (AvgIpc) is 3.22. The normalized spacial score (nSPS) is 23.7. The van der Waals surface area contributed by atoms with Gasteiger partial charge in [-0.15, -0.1) is 0 Å². The molecule has 1 atom stereocenters. The van der Waals surface area contributed by atoms with E-state index in [2.05, 4.69) is 23.3 Å². The second-order valence-electron chi connectivity index (χ2n) is 8.01. The Bertz CT molecular complexity index is 849. The minimum atomic E-state index is -0.332. The van der Waals surface area contributed by atoms with E-state index in [0.717, 1.165) is 56.3 Å². The fourth-order valence-electron chi connectivity index (χ4n) is 5.25. The third kappa shape index (κ3) is 2.26. The Labute approximate surface area is 153 Å². The minimum Gasteiger partial charge on any atom is -0.392 e. The zero-order chi connectivity index (χ0) is 17.7. The van der Waals surface area contributed by atoms with Crippen molar-refractivity contribution >= 4 is 5.91 Å². The van der Waals surface area contributed by atoms with Crippen LogP contribution in [0.1, 0.15) is 52.9 Å². The number of likely N-dealkylation sites (tertiary alicyclic amines) is 1. The van der Waals surface area contributed by atoms with Gasteiger partial charge in [-0.1, -0.05) is 24.3 Å². The molecule has 26 heavy (non-hydrogen) atoms. The molecular formula is C21H25N3O2. The Kier molecular flexibility index (Phi) is 3.67. The van der Waals surface area contributed by atoms with Gasteiger partial charge in [0.05, 0.1) is 23.6 Å². The third-order valence-electron chi connectivity index (χ3n) is 6.76. The van der Waals surface area contributed by atoms with Crippen molar-refractivity contribution < 1.29 is 9.90 Å². The molecule has 1 saturated heterocycles. The topological polar surface area (TPSA) is 58.4 Å². The van der Waals surface area contributed by atoms with Crippen LogP contribution in [0.4, 0.5) is 0 Å². The first kappa shape index (κ1) is 16.1. The van der Waals surface area contributed by atoms with Crippen molar-refractivity contribution in [1.29, 1.82) is 0 Å². The van der Waals surface area contributed by atoms with E-state index in [1.165, 1.54) is 11.1 Å². The summed E-state index contributed by atoms with van der Waals surface area (Å²) in [4.78, 5) is 15.0. The molecule has 3 aliphatic rings. The predicted octanol–water partition coefficient (Wildman–Crippen LogP) is 2.31. The van der Waals surface area contributed by atoms with Crippen LogP contribution in [0.15, 0.2) is 30.5 Å². The smallest absolute Gasteiger partial charge is 0.257 e. The number of carbonyl (C=O) groups is 1. The largest absolute Gasteiger partial charge is 0.392 e. The summed E-state index contributed by atoms with van der Waals surface area (Å²) in [5.41, 5.74) is 4.28. The van der Waals surface area contributed by atoms with Gasteiger partial charge >= 0.3 is 0 Å². The first-order chi connectivity index (χ1) is 12.7. The second-order valence-corrected chi connectivity index (χ2v) is 8.01. The number of amides is 1. The number of benzene rings is 1. The van der Waals surface area contributed by atoms with Crippen molar-refractivity contribution in [1.82, 2.24) is 14.7 Å². The highest BCUT2D eigenvalue weighted by Crippen LogP contribution is 2.46. The summed E-state index contributed by atoms with van der Waals surface area (Å²) in [5, 5.41) is 15.2. The molecule has 1 spiro atoms. The maximum absolute atomic E-state index is 13.1. The maximum atomic E-state index is 13.1. The highest BCUT2D eigenvalue weighted by molar-refractivity contribution is 5.95. The Morgan fingerprint density at radius 3 is 2.81 bits per heavy atom. The Morgan fingerprint density at radius 1 is 1.15 bits per heavy atom. The van der Waals surface area contributed by atoms with Crippen molar-refractivity contribution in [2.75, 3.05) is 13.1 Å². The lowest BCUT2D eigenvalue weighted by Gasteiger charge is -2.42. The van der Waals surface area contributed by atoms with Crippen LogP contribution < -0.4 is 0 Å². The van der Waals surface area contributed by atoms with Crippen LogP contribution in [0.3, 0.4) is 0 Å². The maximum Gasteiger partial charge on any atom is 0.257 e. The van der Waals surface area contributed by atoms with Crippen LogP contribution >= 0.6 is 0 Å². The Morgan fingerprint density at radius 2 is 1.96 bits per heavy atom. The molecule has 0 saturated carbocycles. The number of aromatic nitrogens is 2.